The lowest BCUT2D eigenvalue weighted by Crippen LogP contribution is -2.13. The Morgan fingerprint density at radius 3 is 2.40 bits per heavy atom. The third-order valence-corrected chi connectivity index (χ3v) is 5.11. The van der Waals surface area contributed by atoms with Gasteiger partial charge in [-0.05, 0) is 37.6 Å². The summed E-state index contributed by atoms with van der Waals surface area (Å²) >= 11 is 3.09. The van der Waals surface area contributed by atoms with Crippen molar-refractivity contribution in [3.05, 3.63) is 53.6 Å². The first-order valence-electron chi connectivity index (χ1n) is 7.74. The summed E-state index contributed by atoms with van der Waals surface area (Å²) in [5.41, 5.74) is 1.11. The standard InChI is InChI=1S/C18H19BrO5S/c1-3-10-23-14-6-9-16(17(20)12-19)18(11-14)24-25(21,22)15-7-4-13(2)5-8-15/h4-9,11H,3,10,12H2,1-2H3. The third-order valence-electron chi connectivity index (χ3n) is 3.36. The number of ether oxygens (including phenoxy) is 1. The van der Waals surface area contributed by atoms with Crippen LogP contribution < -0.4 is 8.92 Å². The predicted octanol–water partition coefficient (Wildman–Crippen LogP) is 4.13. The van der Waals surface area contributed by atoms with Gasteiger partial charge in [-0.2, -0.15) is 8.42 Å². The summed E-state index contributed by atoms with van der Waals surface area (Å²) in [7, 11) is -4.05. The van der Waals surface area contributed by atoms with Crippen LogP contribution in [0.4, 0.5) is 0 Å². The topological polar surface area (TPSA) is 69.7 Å². The molecule has 0 aliphatic heterocycles. The van der Waals surface area contributed by atoms with Crippen LogP contribution in [-0.2, 0) is 10.1 Å². The highest BCUT2D eigenvalue weighted by Gasteiger charge is 2.21. The van der Waals surface area contributed by atoms with Crippen LogP contribution in [0.1, 0.15) is 29.3 Å². The Morgan fingerprint density at radius 1 is 1.12 bits per heavy atom. The van der Waals surface area contributed by atoms with Crippen molar-refractivity contribution in [2.45, 2.75) is 25.2 Å². The zero-order valence-corrected chi connectivity index (χ0v) is 16.4. The Labute approximate surface area is 156 Å². The summed E-state index contributed by atoms with van der Waals surface area (Å²) < 4.78 is 35.8. The van der Waals surface area contributed by atoms with Crippen molar-refractivity contribution in [2.24, 2.45) is 0 Å². The molecule has 2 rings (SSSR count). The number of halogens is 1. The molecule has 0 N–H and O–H groups in total. The quantitative estimate of drug-likeness (QED) is 0.360. The van der Waals surface area contributed by atoms with Gasteiger partial charge >= 0.3 is 10.1 Å². The van der Waals surface area contributed by atoms with Gasteiger partial charge in [0, 0.05) is 6.07 Å². The summed E-state index contributed by atoms with van der Waals surface area (Å²) in [5, 5.41) is 0.0586. The van der Waals surface area contributed by atoms with E-state index in [1.54, 1.807) is 18.2 Å². The van der Waals surface area contributed by atoms with Crippen LogP contribution in [0.3, 0.4) is 0 Å². The highest BCUT2D eigenvalue weighted by atomic mass is 79.9. The molecule has 0 aliphatic rings. The molecule has 5 nitrogen and oxygen atoms in total. The lowest BCUT2D eigenvalue weighted by Gasteiger charge is -2.13. The van der Waals surface area contributed by atoms with Crippen molar-refractivity contribution in [1.29, 1.82) is 0 Å². The number of carbonyl (C=O) groups excluding carboxylic acids is 1. The molecule has 7 heteroatoms. The van der Waals surface area contributed by atoms with E-state index in [0.717, 1.165) is 12.0 Å². The van der Waals surface area contributed by atoms with Crippen LogP contribution in [0, 0.1) is 6.92 Å². The van der Waals surface area contributed by atoms with E-state index < -0.39 is 10.1 Å². The molecule has 0 saturated carbocycles. The van der Waals surface area contributed by atoms with Crippen molar-refractivity contribution in [2.75, 3.05) is 11.9 Å². The van der Waals surface area contributed by atoms with Gasteiger partial charge in [-0.25, -0.2) is 0 Å². The lowest BCUT2D eigenvalue weighted by molar-refractivity contribution is 0.102. The van der Waals surface area contributed by atoms with E-state index in [0.29, 0.717) is 12.4 Å². The van der Waals surface area contributed by atoms with E-state index in [4.69, 9.17) is 8.92 Å². The fourth-order valence-corrected chi connectivity index (χ4v) is 3.30. The van der Waals surface area contributed by atoms with Gasteiger partial charge in [-0.15, -0.1) is 0 Å². The fraction of sp³-hybridized carbons (Fsp3) is 0.278. The predicted molar refractivity (Wildman–Crippen MR) is 99.3 cm³/mol. The zero-order chi connectivity index (χ0) is 18.4. The lowest BCUT2D eigenvalue weighted by atomic mass is 10.1. The molecular formula is C18H19BrO5S. The second-order valence-corrected chi connectivity index (χ2v) is 7.52. The summed E-state index contributed by atoms with van der Waals surface area (Å²) in [4.78, 5) is 12.1. The molecular weight excluding hydrogens is 408 g/mol. The largest absolute Gasteiger partial charge is 0.493 e. The van der Waals surface area contributed by atoms with Crippen LogP contribution in [-0.4, -0.2) is 26.1 Å². The summed E-state index contributed by atoms with van der Waals surface area (Å²) in [6.07, 6.45) is 0.805. The second kappa shape index (κ2) is 8.49. The second-order valence-electron chi connectivity index (χ2n) is 5.41. The average molecular weight is 427 g/mol. The Balaban J connectivity index is 2.40. The van der Waals surface area contributed by atoms with Crippen LogP contribution in [0.2, 0.25) is 0 Å². The number of hydrogen-bond donors (Lipinski definition) is 0. The van der Waals surface area contributed by atoms with Crippen molar-refractivity contribution >= 4 is 31.8 Å². The average Bonchev–Trinajstić information content (AvgIpc) is 2.59. The van der Waals surface area contributed by atoms with Gasteiger partial charge in [-0.1, -0.05) is 40.5 Å². The van der Waals surface area contributed by atoms with Crippen molar-refractivity contribution in [3.8, 4) is 11.5 Å². The molecule has 0 bridgehead atoms. The van der Waals surface area contributed by atoms with Crippen molar-refractivity contribution in [3.63, 3.8) is 0 Å². The molecule has 0 radical (unpaired) electrons. The first kappa shape index (κ1) is 19.5. The molecule has 25 heavy (non-hydrogen) atoms. The fourth-order valence-electron chi connectivity index (χ4n) is 2.05. The Bertz CT molecular complexity index is 844. The Morgan fingerprint density at radius 2 is 1.80 bits per heavy atom. The van der Waals surface area contributed by atoms with Crippen molar-refractivity contribution < 1.29 is 22.1 Å². The number of Topliss-reactive ketones (excluding diaryl/α,β-unsaturated/α-hetero) is 1. The van der Waals surface area contributed by atoms with E-state index in [2.05, 4.69) is 15.9 Å². The molecule has 0 spiro atoms. The molecule has 0 fully saturated rings. The van der Waals surface area contributed by atoms with Gasteiger partial charge in [-0.3, -0.25) is 4.79 Å². The SMILES string of the molecule is CCCOc1ccc(C(=O)CBr)c(OS(=O)(=O)c2ccc(C)cc2)c1. The van der Waals surface area contributed by atoms with Crippen LogP contribution in [0.25, 0.3) is 0 Å². The molecule has 2 aromatic rings. The van der Waals surface area contributed by atoms with E-state index >= 15 is 0 Å². The highest BCUT2D eigenvalue weighted by molar-refractivity contribution is 9.09. The molecule has 2 aromatic carbocycles. The van der Waals surface area contributed by atoms with E-state index in [9.17, 15) is 13.2 Å². The van der Waals surface area contributed by atoms with Gasteiger partial charge in [0.05, 0.1) is 17.5 Å². The molecule has 0 saturated heterocycles. The van der Waals surface area contributed by atoms with Gasteiger partial charge in [0.15, 0.2) is 11.5 Å². The number of hydrogen-bond acceptors (Lipinski definition) is 5. The number of rotatable bonds is 8. The van der Waals surface area contributed by atoms with Crippen LogP contribution in [0.15, 0.2) is 47.4 Å². The molecule has 134 valence electrons. The monoisotopic (exact) mass is 426 g/mol. The molecule has 0 aromatic heterocycles. The maximum absolute atomic E-state index is 12.5. The maximum atomic E-state index is 12.5. The van der Waals surface area contributed by atoms with Crippen LogP contribution >= 0.6 is 15.9 Å². The van der Waals surface area contributed by atoms with E-state index in [1.807, 2.05) is 13.8 Å². The smallest absolute Gasteiger partial charge is 0.339 e. The Kier molecular flexibility index (Phi) is 6.61. The van der Waals surface area contributed by atoms with E-state index in [-0.39, 0.29) is 27.3 Å². The van der Waals surface area contributed by atoms with E-state index in [1.165, 1.54) is 24.3 Å². The first-order chi connectivity index (χ1) is 11.9. The molecule has 0 heterocycles. The number of alkyl halides is 1. The third kappa shape index (κ3) is 5.06. The minimum absolute atomic E-state index is 0.0234. The molecule has 0 aliphatic carbocycles. The minimum Gasteiger partial charge on any atom is -0.493 e. The van der Waals surface area contributed by atoms with Gasteiger partial charge < -0.3 is 8.92 Å². The number of carbonyl (C=O) groups is 1. The summed E-state index contributed by atoms with van der Waals surface area (Å²) in [5.74, 6) is 0.122. The zero-order valence-electron chi connectivity index (χ0n) is 14.0. The first-order valence-corrected chi connectivity index (χ1v) is 10.3. The molecule has 0 amide bonds. The van der Waals surface area contributed by atoms with Gasteiger partial charge in [0.25, 0.3) is 0 Å². The molecule has 0 unspecified atom stereocenters. The molecule has 0 atom stereocenters. The number of benzene rings is 2. The van der Waals surface area contributed by atoms with Crippen molar-refractivity contribution in [1.82, 2.24) is 0 Å². The van der Waals surface area contributed by atoms with Gasteiger partial charge in [0.1, 0.15) is 10.6 Å². The van der Waals surface area contributed by atoms with Crippen LogP contribution in [0.5, 0.6) is 11.5 Å². The number of aryl methyl sites for hydroxylation is 1. The maximum Gasteiger partial charge on any atom is 0.339 e. The number of ketones is 1. The summed E-state index contributed by atoms with van der Waals surface area (Å²) in [6, 6.07) is 10.9. The Hall–Kier alpha value is -1.86. The highest BCUT2D eigenvalue weighted by Crippen LogP contribution is 2.29. The normalized spacial score (nSPS) is 11.2. The summed E-state index contributed by atoms with van der Waals surface area (Å²) in [6.45, 7) is 4.30. The minimum atomic E-state index is -4.05. The van der Waals surface area contributed by atoms with Gasteiger partial charge in [0.2, 0.25) is 0 Å².